The van der Waals surface area contributed by atoms with Gasteiger partial charge in [-0.25, -0.2) is 0 Å². The van der Waals surface area contributed by atoms with Gasteiger partial charge in [0.05, 0.1) is 5.92 Å². The molecule has 6 nitrogen and oxygen atoms in total. The van der Waals surface area contributed by atoms with Crippen LogP contribution in [0.5, 0.6) is 0 Å². The van der Waals surface area contributed by atoms with E-state index >= 15 is 0 Å². The van der Waals surface area contributed by atoms with Gasteiger partial charge in [-0.2, -0.15) is 22.8 Å². The van der Waals surface area contributed by atoms with Crippen LogP contribution in [0, 0.1) is 5.92 Å². The fraction of sp³-hybridized carbons (Fsp3) is 0.455. The van der Waals surface area contributed by atoms with Crippen LogP contribution in [0.15, 0.2) is 12.2 Å². The summed E-state index contributed by atoms with van der Waals surface area (Å²) in [5, 5.41) is 20.0. The minimum absolute atomic E-state index is 0.0102. The van der Waals surface area contributed by atoms with Crippen LogP contribution in [0.3, 0.4) is 0 Å². The third-order valence-electron chi connectivity index (χ3n) is 3.33. The summed E-state index contributed by atoms with van der Waals surface area (Å²) in [5.41, 5.74) is 0. The molecule has 112 valence electrons. The molecule has 1 N–H and O–H groups in total. The van der Waals surface area contributed by atoms with E-state index in [-0.39, 0.29) is 4.96 Å². The zero-order valence-corrected chi connectivity index (χ0v) is 11.2. The second kappa shape index (κ2) is 4.79. The van der Waals surface area contributed by atoms with Gasteiger partial charge in [-0.3, -0.25) is 4.79 Å². The number of nitrogens with zero attached hydrogens (tertiary/aromatic N) is 4. The standard InChI is InChI=1S/C11H9F3N4O2S/c12-11(13,14)9-15-16-10-18(9)17-7(21-10)5-3-1-2-4-6(5)8(19)20/h1-2,5-6H,3-4H2,(H,19,20). The van der Waals surface area contributed by atoms with E-state index in [1.807, 2.05) is 6.08 Å². The average molecular weight is 318 g/mol. The van der Waals surface area contributed by atoms with Crippen LogP contribution < -0.4 is 0 Å². The number of allylic oxidation sites excluding steroid dienone is 2. The lowest BCUT2D eigenvalue weighted by Crippen LogP contribution is -2.23. The second-order valence-electron chi connectivity index (χ2n) is 4.65. The first-order valence-corrected chi connectivity index (χ1v) is 6.86. The zero-order valence-electron chi connectivity index (χ0n) is 10.4. The number of carboxylic acids is 1. The summed E-state index contributed by atoms with van der Waals surface area (Å²) in [7, 11) is 0. The molecule has 0 fully saturated rings. The van der Waals surface area contributed by atoms with E-state index < -0.39 is 29.8 Å². The second-order valence-corrected chi connectivity index (χ2v) is 5.64. The van der Waals surface area contributed by atoms with Gasteiger partial charge >= 0.3 is 12.1 Å². The summed E-state index contributed by atoms with van der Waals surface area (Å²) in [6, 6.07) is 0. The molecule has 0 radical (unpaired) electrons. The maximum Gasteiger partial charge on any atom is 0.453 e. The lowest BCUT2D eigenvalue weighted by atomic mass is 9.83. The van der Waals surface area contributed by atoms with E-state index in [1.54, 1.807) is 6.08 Å². The summed E-state index contributed by atoms with van der Waals surface area (Å²) in [6.07, 6.45) is -0.300. The smallest absolute Gasteiger partial charge is 0.453 e. The van der Waals surface area contributed by atoms with Crippen LogP contribution in [0.4, 0.5) is 13.2 Å². The van der Waals surface area contributed by atoms with Crippen LogP contribution in [0.1, 0.15) is 29.6 Å². The summed E-state index contributed by atoms with van der Waals surface area (Å²) in [6.45, 7) is 0. The number of fused-ring (bicyclic) bond motifs is 1. The Morgan fingerprint density at radius 3 is 2.71 bits per heavy atom. The molecule has 0 saturated heterocycles. The highest BCUT2D eigenvalue weighted by molar-refractivity contribution is 7.16. The van der Waals surface area contributed by atoms with Crippen molar-refractivity contribution in [1.82, 2.24) is 19.8 Å². The van der Waals surface area contributed by atoms with Crippen molar-refractivity contribution < 1.29 is 23.1 Å². The Morgan fingerprint density at radius 1 is 1.33 bits per heavy atom. The number of halogens is 3. The van der Waals surface area contributed by atoms with Gasteiger partial charge in [-0.1, -0.05) is 23.5 Å². The molecule has 2 aromatic heterocycles. The number of hydrogen-bond acceptors (Lipinski definition) is 5. The molecule has 0 saturated carbocycles. The highest BCUT2D eigenvalue weighted by atomic mass is 32.1. The van der Waals surface area contributed by atoms with Gasteiger partial charge in [0.15, 0.2) is 0 Å². The molecule has 0 amide bonds. The number of aliphatic carboxylic acids is 1. The van der Waals surface area contributed by atoms with Crippen molar-refractivity contribution >= 4 is 22.3 Å². The number of carboxylic acid groups (broad SMARTS) is 1. The molecular formula is C11H9F3N4O2S. The SMILES string of the molecule is O=C(O)C1CC=CCC1c1nn2c(C(F)(F)F)nnc2s1. The summed E-state index contributed by atoms with van der Waals surface area (Å²) in [5.74, 6) is -3.31. The van der Waals surface area contributed by atoms with Gasteiger partial charge in [0.25, 0.3) is 5.82 Å². The van der Waals surface area contributed by atoms with E-state index in [0.717, 1.165) is 11.3 Å². The first-order chi connectivity index (χ1) is 9.88. The minimum atomic E-state index is -4.65. The molecule has 10 heteroatoms. The first kappa shape index (κ1) is 14.0. The van der Waals surface area contributed by atoms with Gasteiger partial charge in [0, 0.05) is 5.92 Å². The summed E-state index contributed by atoms with van der Waals surface area (Å²) >= 11 is 0.943. The van der Waals surface area contributed by atoms with Crippen molar-refractivity contribution in [2.24, 2.45) is 5.92 Å². The number of aromatic nitrogens is 4. The van der Waals surface area contributed by atoms with Crippen molar-refractivity contribution in [3.8, 4) is 0 Å². The third kappa shape index (κ3) is 2.39. The Balaban J connectivity index is 2.03. The predicted molar refractivity (Wildman–Crippen MR) is 65.9 cm³/mol. The molecular weight excluding hydrogens is 309 g/mol. The van der Waals surface area contributed by atoms with Crippen LogP contribution in [0.2, 0.25) is 0 Å². The quantitative estimate of drug-likeness (QED) is 0.860. The van der Waals surface area contributed by atoms with E-state index in [9.17, 15) is 23.1 Å². The fourth-order valence-electron chi connectivity index (χ4n) is 2.32. The van der Waals surface area contributed by atoms with Crippen LogP contribution in [-0.4, -0.2) is 30.9 Å². The average Bonchev–Trinajstić information content (AvgIpc) is 2.96. The topological polar surface area (TPSA) is 80.4 Å². The summed E-state index contributed by atoms with van der Waals surface area (Å²) in [4.78, 5) is 11.3. The van der Waals surface area contributed by atoms with Crippen molar-refractivity contribution in [2.45, 2.75) is 24.9 Å². The first-order valence-electron chi connectivity index (χ1n) is 6.05. The molecule has 1 aliphatic rings. The Bertz CT molecular complexity index is 721. The van der Waals surface area contributed by atoms with Gasteiger partial charge in [-0.15, -0.1) is 10.2 Å². The van der Waals surface area contributed by atoms with Gasteiger partial charge in [-0.05, 0) is 12.8 Å². The molecule has 3 rings (SSSR count). The monoisotopic (exact) mass is 318 g/mol. The molecule has 21 heavy (non-hydrogen) atoms. The van der Waals surface area contributed by atoms with Crippen molar-refractivity contribution in [3.63, 3.8) is 0 Å². The largest absolute Gasteiger partial charge is 0.481 e. The molecule has 2 atom stereocenters. The van der Waals surface area contributed by atoms with Crippen LogP contribution in [0.25, 0.3) is 4.96 Å². The minimum Gasteiger partial charge on any atom is -0.481 e. The van der Waals surface area contributed by atoms with Gasteiger partial charge in [0.2, 0.25) is 4.96 Å². The number of rotatable bonds is 2. The van der Waals surface area contributed by atoms with E-state index in [0.29, 0.717) is 22.4 Å². The maximum absolute atomic E-state index is 12.7. The van der Waals surface area contributed by atoms with E-state index in [2.05, 4.69) is 15.3 Å². The van der Waals surface area contributed by atoms with Crippen LogP contribution in [-0.2, 0) is 11.0 Å². The Kier molecular flexibility index (Phi) is 3.19. The number of alkyl halides is 3. The van der Waals surface area contributed by atoms with Gasteiger partial charge < -0.3 is 5.11 Å². The highest BCUT2D eigenvalue weighted by Crippen LogP contribution is 2.38. The molecule has 2 unspecified atom stereocenters. The van der Waals surface area contributed by atoms with E-state index in [1.165, 1.54) is 0 Å². The molecule has 2 heterocycles. The molecule has 0 bridgehead atoms. The Labute approximate surface area is 119 Å². The number of carbonyl (C=O) groups is 1. The molecule has 2 aromatic rings. The molecule has 1 aliphatic carbocycles. The molecule has 0 spiro atoms. The predicted octanol–water partition coefficient (Wildman–Crippen LogP) is 2.34. The fourth-order valence-corrected chi connectivity index (χ4v) is 3.34. The maximum atomic E-state index is 12.7. The lowest BCUT2D eigenvalue weighted by molar-refractivity contribution is -0.146. The van der Waals surface area contributed by atoms with Crippen molar-refractivity contribution in [1.29, 1.82) is 0 Å². The number of hydrogen-bond donors (Lipinski definition) is 1. The van der Waals surface area contributed by atoms with E-state index in [4.69, 9.17) is 0 Å². The van der Waals surface area contributed by atoms with Crippen molar-refractivity contribution in [3.05, 3.63) is 23.0 Å². The molecule has 0 aromatic carbocycles. The van der Waals surface area contributed by atoms with Gasteiger partial charge in [0.1, 0.15) is 5.01 Å². The normalized spacial score (nSPS) is 22.8. The Morgan fingerprint density at radius 2 is 2.05 bits per heavy atom. The zero-order chi connectivity index (χ0) is 15.2. The molecule has 0 aliphatic heterocycles. The Hall–Kier alpha value is -1.97. The van der Waals surface area contributed by atoms with Crippen molar-refractivity contribution in [2.75, 3.05) is 0 Å². The summed E-state index contributed by atoms with van der Waals surface area (Å²) < 4.78 is 38.9. The third-order valence-corrected chi connectivity index (χ3v) is 4.36. The van der Waals surface area contributed by atoms with Crippen LogP contribution >= 0.6 is 11.3 Å². The highest BCUT2D eigenvalue weighted by Gasteiger charge is 2.39. The lowest BCUT2D eigenvalue weighted by Gasteiger charge is -2.22.